The first kappa shape index (κ1) is 39.6. The van der Waals surface area contributed by atoms with Crippen LogP contribution >= 0.6 is 0 Å². The zero-order valence-corrected chi connectivity index (χ0v) is 27.3. The molecule has 0 bridgehead atoms. The molecule has 0 aromatic heterocycles. The van der Waals surface area contributed by atoms with Gasteiger partial charge in [0.1, 0.15) is 0 Å². The second-order valence-corrected chi connectivity index (χ2v) is 11.4. The number of unbranched alkanes of at least 4 members (excludes halogenated alkanes) is 16. The molecule has 0 aliphatic rings. The van der Waals surface area contributed by atoms with E-state index in [1.54, 1.807) is 0 Å². The maximum atomic E-state index is 12.0. The first-order chi connectivity index (χ1) is 20.6. The van der Waals surface area contributed by atoms with Crippen LogP contribution in [0.4, 0.5) is 4.79 Å². The van der Waals surface area contributed by atoms with Crippen molar-refractivity contribution in [2.24, 2.45) is 0 Å². The average Bonchev–Trinajstić information content (AvgIpc) is 2.97. The van der Waals surface area contributed by atoms with Crippen LogP contribution in [0, 0.1) is 0 Å². The van der Waals surface area contributed by atoms with Crippen LogP contribution in [0.3, 0.4) is 0 Å². The van der Waals surface area contributed by atoms with E-state index in [9.17, 15) is 14.4 Å². The summed E-state index contributed by atoms with van der Waals surface area (Å²) in [6.07, 6.45) is 43.5. The predicted molar refractivity (Wildman–Crippen MR) is 180 cm³/mol. The highest BCUT2D eigenvalue weighted by atomic mass is 16.2. The number of hydrogen-bond donors (Lipinski definition) is 2. The van der Waals surface area contributed by atoms with Gasteiger partial charge in [0, 0.05) is 12.8 Å². The van der Waals surface area contributed by atoms with Crippen molar-refractivity contribution in [2.45, 2.75) is 168 Å². The Hall–Kier alpha value is -2.43. The summed E-state index contributed by atoms with van der Waals surface area (Å²) in [6, 6.07) is -0.699. The van der Waals surface area contributed by atoms with Crippen molar-refractivity contribution < 1.29 is 14.4 Å². The molecule has 240 valence electrons. The Labute approximate surface area is 259 Å². The van der Waals surface area contributed by atoms with Gasteiger partial charge in [0.15, 0.2) is 0 Å². The standard InChI is InChI=1S/C37H64N2O3/c1-3-5-7-9-11-13-15-17-19-21-23-25-27-29-31-33-35(40)38-37(42)39-36(41)34-32-30-28-26-24-22-20-18-16-14-12-10-8-6-4-2/h11-14,17-20H,3-10,15-16,21-34H2,1-2H3,(H2,38,39,40,41,42)/b13-11+,14-12+,19-17+,20-18+. The number of carbonyl (C=O) groups is 3. The number of hydrogen-bond acceptors (Lipinski definition) is 3. The van der Waals surface area contributed by atoms with E-state index in [1.165, 1.54) is 64.2 Å². The fraction of sp³-hybridized carbons (Fsp3) is 0.703. The van der Waals surface area contributed by atoms with E-state index in [4.69, 9.17) is 0 Å². The van der Waals surface area contributed by atoms with Gasteiger partial charge in [0.2, 0.25) is 11.8 Å². The molecular weight excluding hydrogens is 520 g/mol. The number of imide groups is 2. The molecule has 0 aromatic rings. The van der Waals surface area contributed by atoms with E-state index < -0.39 is 6.03 Å². The lowest BCUT2D eigenvalue weighted by Gasteiger charge is -2.06. The number of nitrogens with one attached hydrogen (secondary N) is 2. The summed E-state index contributed by atoms with van der Waals surface area (Å²) in [5.74, 6) is -0.633. The van der Waals surface area contributed by atoms with Gasteiger partial charge in [-0.3, -0.25) is 20.2 Å². The summed E-state index contributed by atoms with van der Waals surface area (Å²) < 4.78 is 0. The molecule has 0 aliphatic heterocycles. The van der Waals surface area contributed by atoms with Crippen LogP contribution in [0.1, 0.15) is 168 Å². The van der Waals surface area contributed by atoms with Crippen LogP contribution in [-0.4, -0.2) is 17.8 Å². The summed E-state index contributed by atoms with van der Waals surface area (Å²) in [6.45, 7) is 4.46. The van der Waals surface area contributed by atoms with E-state index in [0.717, 1.165) is 77.0 Å². The molecule has 42 heavy (non-hydrogen) atoms. The van der Waals surface area contributed by atoms with Crippen molar-refractivity contribution in [1.29, 1.82) is 0 Å². The van der Waals surface area contributed by atoms with Crippen molar-refractivity contribution in [1.82, 2.24) is 10.6 Å². The van der Waals surface area contributed by atoms with E-state index in [-0.39, 0.29) is 11.8 Å². The number of amides is 4. The van der Waals surface area contributed by atoms with Gasteiger partial charge < -0.3 is 0 Å². The second-order valence-electron chi connectivity index (χ2n) is 11.4. The third kappa shape index (κ3) is 32.1. The quantitative estimate of drug-likeness (QED) is 0.0709. The van der Waals surface area contributed by atoms with Gasteiger partial charge in [-0.2, -0.15) is 0 Å². The van der Waals surface area contributed by atoms with Gasteiger partial charge >= 0.3 is 6.03 Å². The smallest absolute Gasteiger partial charge is 0.278 e. The van der Waals surface area contributed by atoms with Crippen LogP contribution in [0.5, 0.6) is 0 Å². The number of rotatable bonds is 28. The van der Waals surface area contributed by atoms with Crippen molar-refractivity contribution in [2.75, 3.05) is 0 Å². The molecule has 0 heterocycles. The molecule has 0 aromatic carbocycles. The Morgan fingerprint density at radius 3 is 1.07 bits per heavy atom. The average molecular weight is 585 g/mol. The van der Waals surface area contributed by atoms with Crippen LogP contribution in [0.25, 0.3) is 0 Å². The zero-order chi connectivity index (χ0) is 30.8. The lowest BCUT2D eigenvalue weighted by atomic mass is 10.1. The van der Waals surface area contributed by atoms with Crippen molar-refractivity contribution >= 4 is 17.8 Å². The van der Waals surface area contributed by atoms with Crippen LogP contribution in [0.15, 0.2) is 48.6 Å². The van der Waals surface area contributed by atoms with Gasteiger partial charge in [-0.15, -0.1) is 0 Å². The van der Waals surface area contributed by atoms with E-state index in [0.29, 0.717) is 12.8 Å². The molecule has 5 heteroatoms. The molecule has 0 aliphatic carbocycles. The first-order valence-electron chi connectivity index (χ1n) is 17.3. The summed E-state index contributed by atoms with van der Waals surface area (Å²) in [5.41, 5.74) is 0. The van der Waals surface area contributed by atoms with Gasteiger partial charge in [0.25, 0.3) is 0 Å². The molecule has 0 unspecified atom stereocenters. The molecule has 0 atom stereocenters. The van der Waals surface area contributed by atoms with Crippen LogP contribution < -0.4 is 10.6 Å². The normalized spacial score (nSPS) is 11.9. The predicted octanol–water partition coefficient (Wildman–Crippen LogP) is 11.0. The highest BCUT2D eigenvalue weighted by Crippen LogP contribution is 2.09. The van der Waals surface area contributed by atoms with Crippen molar-refractivity contribution in [3.05, 3.63) is 48.6 Å². The Morgan fingerprint density at radius 1 is 0.405 bits per heavy atom. The van der Waals surface area contributed by atoms with Crippen LogP contribution in [-0.2, 0) is 9.59 Å². The third-order valence-electron chi connectivity index (χ3n) is 7.21. The lowest BCUT2D eigenvalue weighted by molar-refractivity contribution is -0.120. The summed E-state index contributed by atoms with van der Waals surface area (Å²) in [7, 11) is 0. The molecule has 0 saturated carbocycles. The number of allylic oxidation sites excluding steroid dienone is 8. The minimum Gasteiger partial charge on any atom is -0.278 e. The molecular formula is C37H64N2O3. The first-order valence-corrected chi connectivity index (χ1v) is 17.3. The van der Waals surface area contributed by atoms with Gasteiger partial charge in [-0.1, -0.05) is 127 Å². The summed E-state index contributed by atoms with van der Waals surface area (Å²) >= 11 is 0. The highest BCUT2D eigenvalue weighted by Gasteiger charge is 2.10. The molecule has 4 amide bonds. The molecule has 0 rings (SSSR count). The monoisotopic (exact) mass is 584 g/mol. The Bertz CT molecular complexity index is 705. The molecule has 0 spiro atoms. The van der Waals surface area contributed by atoms with E-state index in [1.807, 2.05) is 0 Å². The molecule has 5 nitrogen and oxygen atoms in total. The van der Waals surface area contributed by atoms with E-state index >= 15 is 0 Å². The Balaban J connectivity index is 3.55. The molecule has 0 radical (unpaired) electrons. The summed E-state index contributed by atoms with van der Waals surface area (Å²) in [4.78, 5) is 35.8. The lowest BCUT2D eigenvalue weighted by Crippen LogP contribution is -2.42. The van der Waals surface area contributed by atoms with Crippen molar-refractivity contribution in [3.8, 4) is 0 Å². The Kier molecular flexibility index (Phi) is 31.2. The summed E-state index contributed by atoms with van der Waals surface area (Å²) in [5, 5.41) is 4.56. The highest BCUT2D eigenvalue weighted by molar-refractivity contribution is 6.01. The van der Waals surface area contributed by atoms with Gasteiger partial charge in [0.05, 0.1) is 0 Å². The minimum absolute atomic E-state index is 0.317. The fourth-order valence-corrected chi connectivity index (χ4v) is 4.60. The third-order valence-corrected chi connectivity index (χ3v) is 7.21. The zero-order valence-electron chi connectivity index (χ0n) is 27.3. The second kappa shape index (κ2) is 33.1. The number of urea groups is 1. The maximum absolute atomic E-state index is 12.0. The Morgan fingerprint density at radius 2 is 0.714 bits per heavy atom. The fourth-order valence-electron chi connectivity index (χ4n) is 4.60. The molecule has 0 fully saturated rings. The minimum atomic E-state index is -0.699. The van der Waals surface area contributed by atoms with E-state index in [2.05, 4.69) is 73.1 Å². The van der Waals surface area contributed by atoms with Crippen LogP contribution in [0.2, 0.25) is 0 Å². The van der Waals surface area contributed by atoms with Gasteiger partial charge in [-0.05, 0) is 77.0 Å². The number of carbonyl (C=O) groups excluding carboxylic acids is 3. The molecule has 0 saturated heterocycles. The molecule has 2 N–H and O–H groups in total. The van der Waals surface area contributed by atoms with Crippen molar-refractivity contribution in [3.63, 3.8) is 0 Å². The maximum Gasteiger partial charge on any atom is 0.328 e. The SMILES string of the molecule is CCCCC/C=C/C/C=C/CCCCCCCC(=O)NC(=O)NC(=O)CCCCCCC/C=C/C/C=C/CCCCC. The largest absolute Gasteiger partial charge is 0.328 e. The van der Waals surface area contributed by atoms with Gasteiger partial charge in [-0.25, -0.2) is 4.79 Å². The topological polar surface area (TPSA) is 75.3 Å².